The van der Waals surface area contributed by atoms with Crippen LogP contribution in [0.3, 0.4) is 0 Å². The first-order chi connectivity index (χ1) is 19.3. The normalized spacial score (nSPS) is 28.6. The predicted molar refractivity (Wildman–Crippen MR) is 169 cm³/mol. The lowest BCUT2D eigenvalue weighted by molar-refractivity contribution is 0.0368. The molecule has 2 saturated carbocycles. The van der Waals surface area contributed by atoms with Crippen LogP contribution in [-0.2, 0) is 10.8 Å². The molecule has 0 nitrogen and oxygen atoms in total. The van der Waals surface area contributed by atoms with Gasteiger partial charge in [-0.1, -0.05) is 100 Å². The monoisotopic (exact) mass is 542 g/mol. The molecular formula is C39H39Cl. The van der Waals surface area contributed by atoms with Gasteiger partial charge >= 0.3 is 0 Å². The summed E-state index contributed by atoms with van der Waals surface area (Å²) in [5.74, 6) is 3.06. The van der Waals surface area contributed by atoms with E-state index in [1.165, 1.54) is 76.6 Å². The quantitative estimate of drug-likeness (QED) is 0.236. The molecule has 40 heavy (non-hydrogen) atoms. The minimum Gasteiger partial charge on any atom is -0.0843 e. The summed E-state index contributed by atoms with van der Waals surface area (Å²) in [4.78, 5) is 0. The summed E-state index contributed by atoms with van der Waals surface area (Å²) < 4.78 is 0. The average Bonchev–Trinajstić information content (AvgIpc) is 3.37. The number of fused-ring (bicyclic) bond motifs is 11. The molecule has 0 N–H and O–H groups in total. The number of halogens is 1. The Morgan fingerprint density at radius 2 is 1.38 bits per heavy atom. The zero-order valence-corrected chi connectivity index (χ0v) is 25.0. The molecule has 5 unspecified atom stereocenters. The van der Waals surface area contributed by atoms with Gasteiger partial charge in [-0.05, 0) is 129 Å². The third-order valence-corrected chi connectivity index (χ3v) is 11.9. The molecule has 4 aromatic rings. The van der Waals surface area contributed by atoms with E-state index in [9.17, 15) is 0 Å². The van der Waals surface area contributed by atoms with Gasteiger partial charge in [-0.15, -0.1) is 0 Å². The summed E-state index contributed by atoms with van der Waals surface area (Å²) >= 11 is 6.65. The highest BCUT2D eigenvalue weighted by atomic mass is 35.5. The topological polar surface area (TPSA) is 0 Å². The van der Waals surface area contributed by atoms with Gasteiger partial charge in [0.05, 0.1) is 0 Å². The van der Waals surface area contributed by atoms with Crippen LogP contribution in [0.15, 0.2) is 78.9 Å². The van der Waals surface area contributed by atoms with E-state index < -0.39 is 0 Å². The third kappa shape index (κ3) is 3.21. The third-order valence-electron chi connectivity index (χ3n) is 11.7. The number of rotatable bonds is 2. The fourth-order valence-corrected chi connectivity index (χ4v) is 10.1. The Bertz CT molecular complexity index is 1670. The Labute approximate surface area is 244 Å². The van der Waals surface area contributed by atoms with Crippen LogP contribution in [0.1, 0.15) is 82.1 Å². The maximum absolute atomic E-state index is 6.65. The first kappa shape index (κ1) is 24.9. The van der Waals surface area contributed by atoms with Crippen molar-refractivity contribution >= 4 is 11.6 Å². The van der Waals surface area contributed by atoms with Gasteiger partial charge in [0.25, 0.3) is 0 Å². The lowest BCUT2D eigenvalue weighted by Crippen LogP contribution is -2.49. The van der Waals surface area contributed by atoms with Crippen molar-refractivity contribution in [2.45, 2.75) is 70.6 Å². The molecular weight excluding hydrogens is 504 g/mol. The smallest absolute Gasteiger partial charge is 0.0412 e. The summed E-state index contributed by atoms with van der Waals surface area (Å²) in [6.45, 7) is 9.69. The van der Waals surface area contributed by atoms with Gasteiger partial charge in [0.15, 0.2) is 0 Å². The zero-order valence-electron chi connectivity index (χ0n) is 24.2. The Hall–Kier alpha value is -2.83. The van der Waals surface area contributed by atoms with Crippen LogP contribution in [-0.4, -0.2) is 0 Å². The van der Waals surface area contributed by atoms with Crippen LogP contribution in [0.2, 0.25) is 5.02 Å². The lowest BCUT2D eigenvalue weighted by atomic mass is 9.49. The van der Waals surface area contributed by atoms with Crippen LogP contribution >= 0.6 is 11.6 Å². The molecule has 5 atom stereocenters. The van der Waals surface area contributed by atoms with Crippen molar-refractivity contribution < 1.29 is 0 Å². The maximum Gasteiger partial charge on any atom is 0.0412 e. The number of benzene rings is 4. The standard InChI is InChI=1S/C39H39Cl/c1-5-24-17-25-16-23(2)39(28(18-24)19-25)36-15-12-29(40)22-33(36)31-13-10-27(21-37(31)39)26-11-14-35-32(20-26)30-8-6-7-9-34(30)38(35,3)4/h6-15,20-25,28H,5,16-19H2,1-4H3. The van der Waals surface area contributed by atoms with E-state index in [0.717, 1.165) is 16.9 Å². The molecule has 0 radical (unpaired) electrons. The molecule has 202 valence electrons. The minimum absolute atomic E-state index is 0.0399. The van der Waals surface area contributed by atoms with E-state index in [-0.39, 0.29) is 10.8 Å². The molecule has 0 saturated heterocycles. The average molecular weight is 543 g/mol. The van der Waals surface area contributed by atoms with E-state index in [2.05, 4.69) is 107 Å². The van der Waals surface area contributed by atoms with Crippen molar-refractivity contribution in [1.82, 2.24) is 0 Å². The van der Waals surface area contributed by atoms with Crippen molar-refractivity contribution in [3.05, 3.63) is 106 Å². The minimum atomic E-state index is 0.0399. The van der Waals surface area contributed by atoms with E-state index in [4.69, 9.17) is 11.6 Å². The molecule has 0 aliphatic heterocycles. The molecule has 8 rings (SSSR count). The number of hydrogen-bond donors (Lipinski definition) is 0. The molecule has 4 aliphatic rings. The molecule has 0 amide bonds. The summed E-state index contributed by atoms with van der Waals surface area (Å²) in [5, 5.41) is 0.849. The second-order valence-electron chi connectivity index (χ2n) is 13.9. The van der Waals surface area contributed by atoms with Gasteiger partial charge in [0.2, 0.25) is 0 Å². The fraction of sp³-hybridized carbons (Fsp3) is 0.385. The van der Waals surface area contributed by atoms with Crippen molar-refractivity contribution in [2.75, 3.05) is 0 Å². The summed E-state index contributed by atoms with van der Waals surface area (Å²) in [7, 11) is 0. The van der Waals surface area contributed by atoms with E-state index in [0.29, 0.717) is 11.8 Å². The summed E-state index contributed by atoms with van der Waals surface area (Å²) in [6, 6.07) is 30.3. The molecule has 1 heteroatoms. The number of hydrogen-bond acceptors (Lipinski definition) is 0. The Morgan fingerprint density at radius 1 is 0.675 bits per heavy atom. The lowest BCUT2D eigenvalue weighted by Gasteiger charge is -2.54. The van der Waals surface area contributed by atoms with Crippen molar-refractivity contribution in [3.8, 4) is 33.4 Å². The first-order valence-electron chi connectivity index (χ1n) is 15.5. The summed E-state index contributed by atoms with van der Waals surface area (Å²) in [5.41, 5.74) is 14.4. The van der Waals surface area contributed by atoms with Crippen LogP contribution in [0, 0.1) is 23.7 Å². The van der Waals surface area contributed by atoms with Crippen molar-refractivity contribution in [2.24, 2.45) is 23.7 Å². The van der Waals surface area contributed by atoms with Crippen LogP contribution in [0.25, 0.3) is 33.4 Å². The second-order valence-corrected chi connectivity index (χ2v) is 14.4. The van der Waals surface area contributed by atoms with Gasteiger partial charge in [-0.2, -0.15) is 0 Å². The second kappa shape index (κ2) is 8.59. The molecule has 4 aliphatic carbocycles. The highest BCUT2D eigenvalue weighted by molar-refractivity contribution is 6.31. The summed E-state index contributed by atoms with van der Waals surface area (Å²) in [6.07, 6.45) is 6.81. The Kier molecular flexibility index (Phi) is 5.35. The molecule has 4 aromatic carbocycles. The van der Waals surface area contributed by atoms with Gasteiger partial charge < -0.3 is 0 Å². The zero-order chi connectivity index (χ0) is 27.4. The van der Waals surface area contributed by atoms with Gasteiger partial charge in [-0.25, -0.2) is 0 Å². The fourth-order valence-electron chi connectivity index (χ4n) is 9.97. The highest BCUT2D eigenvalue weighted by Crippen LogP contribution is 2.65. The maximum atomic E-state index is 6.65. The highest BCUT2D eigenvalue weighted by Gasteiger charge is 2.56. The van der Waals surface area contributed by atoms with Gasteiger partial charge in [0, 0.05) is 15.9 Å². The molecule has 1 spiro atoms. The predicted octanol–water partition coefficient (Wildman–Crippen LogP) is 11.1. The molecule has 2 bridgehead atoms. The van der Waals surface area contributed by atoms with Gasteiger partial charge in [-0.3, -0.25) is 0 Å². The molecule has 0 heterocycles. The van der Waals surface area contributed by atoms with E-state index in [1.807, 2.05) is 0 Å². The largest absolute Gasteiger partial charge is 0.0843 e. The Balaban J connectivity index is 1.32. The van der Waals surface area contributed by atoms with E-state index in [1.54, 1.807) is 11.1 Å². The molecule has 2 fully saturated rings. The first-order valence-corrected chi connectivity index (χ1v) is 15.9. The molecule has 0 aromatic heterocycles. The van der Waals surface area contributed by atoms with Crippen molar-refractivity contribution in [3.63, 3.8) is 0 Å². The van der Waals surface area contributed by atoms with Crippen LogP contribution < -0.4 is 0 Å². The van der Waals surface area contributed by atoms with Crippen LogP contribution in [0.4, 0.5) is 0 Å². The van der Waals surface area contributed by atoms with Gasteiger partial charge in [0.1, 0.15) is 0 Å². The SMILES string of the molecule is CCC1CC2CC(C)C3(c4ccc(Cl)cc4-c4ccc(-c5ccc6c(c5)-c5ccccc5C6(C)C)cc43)C(C1)C2. The van der Waals surface area contributed by atoms with Crippen LogP contribution in [0.5, 0.6) is 0 Å². The van der Waals surface area contributed by atoms with Crippen molar-refractivity contribution in [1.29, 1.82) is 0 Å². The Morgan fingerprint density at radius 3 is 2.23 bits per heavy atom. The van der Waals surface area contributed by atoms with E-state index >= 15 is 0 Å².